The Labute approximate surface area is 170 Å². The van der Waals surface area contributed by atoms with E-state index in [2.05, 4.69) is 29.2 Å². The predicted molar refractivity (Wildman–Crippen MR) is 109 cm³/mol. The third-order valence-electron chi connectivity index (χ3n) is 3.89. The Morgan fingerprint density at radius 2 is 1.96 bits per heavy atom. The Morgan fingerprint density at radius 3 is 2.54 bits per heavy atom. The zero-order chi connectivity index (χ0) is 21.1. The first-order valence-electron chi connectivity index (χ1n) is 8.30. The summed E-state index contributed by atoms with van der Waals surface area (Å²) in [5.41, 5.74) is 6.43. The summed E-state index contributed by atoms with van der Waals surface area (Å²) in [5, 5.41) is 1.04. The summed E-state index contributed by atoms with van der Waals surface area (Å²) in [6, 6.07) is 12.1. The highest BCUT2D eigenvalue weighted by Gasteiger charge is 2.14. The van der Waals surface area contributed by atoms with Gasteiger partial charge in [0.1, 0.15) is 5.76 Å². The summed E-state index contributed by atoms with van der Waals surface area (Å²) >= 11 is 4.85. The quantitative estimate of drug-likeness (QED) is 0.430. The monoisotopic (exact) mass is 425 g/mol. The standard InChI is InChI=1S/C17H20N2O4S2.CH3NO/c1-12(11-23-19(3)17(24)18-25(20)21)14-6-4-7-15(10-14)13(2)16-8-5-9-22-16;2-1-3/h4-10,12-13H,11H2,1-3H3;1H,(H2,2,3). The Balaban J connectivity index is 0.00000122. The molecule has 10 heteroatoms. The average Bonchev–Trinajstić information content (AvgIpc) is 3.20. The summed E-state index contributed by atoms with van der Waals surface area (Å²) in [5.74, 6) is 1.16. The van der Waals surface area contributed by atoms with Gasteiger partial charge in [-0.25, -0.2) is 5.06 Å². The van der Waals surface area contributed by atoms with E-state index < -0.39 is 10.5 Å². The SMILES string of the molecule is CC(CON(C)C(=S)N=S(=O)=O)c1cccc(C(C)c2ccco2)c1.NC=O. The van der Waals surface area contributed by atoms with E-state index in [1.54, 1.807) is 6.26 Å². The van der Waals surface area contributed by atoms with E-state index in [-0.39, 0.29) is 23.4 Å². The van der Waals surface area contributed by atoms with Crippen LogP contribution in [0.15, 0.2) is 51.4 Å². The molecule has 1 heterocycles. The molecule has 2 N–H and O–H groups in total. The molecule has 152 valence electrons. The lowest BCUT2D eigenvalue weighted by Gasteiger charge is -2.20. The minimum Gasteiger partial charge on any atom is -0.469 e. The highest BCUT2D eigenvalue weighted by Crippen LogP contribution is 2.27. The minimum atomic E-state index is -2.59. The molecule has 0 aliphatic heterocycles. The van der Waals surface area contributed by atoms with Crippen LogP contribution in [-0.2, 0) is 20.1 Å². The van der Waals surface area contributed by atoms with Gasteiger partial charge in [0.15, 0.2) is 0 Å². The number of nitrogens with zero attached hydrogens (tertiary/aromatic N) is 2. The first kappa shape index (κ1) is 23.5. The summed E-state index contributed by atoms with van der Waals surface area (Å²) in [7, 11) is -1.06. The lowest BCUT2D eigenvalue weighted by molar-refractivity contribution is -0.106. The van der Waals surface area contributed by atoms with Crippen molar-refractivity contribution in [3.05, 3.63) is 59.5 Å². The Hall–Kier alpha value is -2.56. The molecule has 0 spiro atoms. The van der Waals surface area contributed by atoms with Crippen molar-refractivity contribution in [2.24, 2.45) is 10.1 Å². The van der Waals surface area contributed by atoms with Crippen LogP contribution in [0.3, 0.4) is 0 Å². The van der Waals surface area contributed by atoms with E-state index >= 15 is 0 Å². The number of hydroxylamine groups is 2. The normalized spacial score (nSPS) is 12.1. The van der Waals surface area contributed by atoms with Crippen LogP contribution >= 0.6 is 12.2 Å². The van der Waals surface area contributed by atoms with Crippen LogP contribution in [0.5, 0.6) is 0 Å². The molecule has 0 bridgehead atoms. The largest absolute Gasteiger partial charge is 0.469 e. The van der Waals surface area contributed by atoms with E-state index in [1.807, 2.05) is 31.2 Å². The zero-order valence-electron chi connectivity index (χ0n) is 15.8. The summed E-state index contributed by atoms with van der Waals surface area (Å²) in [6.07, 6.45) is 1.92. The molecule has 0 aliphatic rings. The maximum Gasteiger partial charge on any atom is 0.318 e. The number of carbonyl (C=O) groups excluding carboxylic acids is 1. The zero-order valence-corrected chi connectivity index (χ0v) is 17.4. The van der Waals surface area contributed by atoms with E-state index in [4.69, 9.17) is 26.3 Å². The van der Waals surface area contributed by atoms with E-state index in [0.717, 1.165) is 16.9 Å². The van der Waals surface area contributed by atoms with Crippen molar-refractivity contribution in [3.8, 4) is 0 Å². The van der Waals surface area contributed by atoms with Crippen molar-refractivity contribution < 1.29 is 22.5 Å². The smallest absolute Gasteiger partial charge is 0.318 e. The van der Waals surface area contributed by atoms with Crippen LogP contribution in [0, 0.1) is 0 Å². The third kappa shape index (κ3) is 7.59. The van der Waals surface area contributed by atoms with Gasteiger partial charge in [0.2, 0.25) is 11.5 Å². The maximum atomic E-state index is 10.5. The van der Waals surface area contributed by atoms with E-state index in [9.17, 15) is 8.42 Å². The van der Waals surface area contributed by atoms with Gasteiger partial charge < -0.3 is 10.2 Å². The summed E-state index contributed by atoms with van der Waals surface area (Å²) in [4.78, 5) is 14.1. The molecule has 2 rings (SSSR count). The number of hydrogen-bond donors (Lipinski definition) is 1. The van der Waals surface area contributed by atoms with Crippen LogP contribution in [-0.4, -0.2) is 38.7 Å². The second-order valence-electron chi connectivity index (χ2n) is 5.83. The van der Waals surface area contributed by atoms with Crippen LogP contribution in [0.2, 0.25) is 0 Å². The molecule has 2 unspecified atom stereocenters. The van der Waals surface area contributed by atoms with Crippen LogP contribution in [0.4, 0.5) is 0 Å². The fourth-order valence-electron chi connectivity index (χ4n) is 2.33. The van der Waals surface area contributed by atoms with Crippen molar-refractivity contribution in [2.45, 2.75) is 25.7 Å². The molecule has 1 amide bonds. The van der Waals surface area contributed by atoms with Gasteiger partial charge in [0, 0.05) is 18.9 Å². The first-order chi connectivity index (χ1) is 13.3. The molecule has 8 nitrogen and oxygen atoms in total. The molecule has 1 aromatic carbocycles. The summed E-state index contributed by atoms with van der Waals surface area (Å²) < 4.78 is 29.8. The molecule has 0 saturated heterocycles. The van der Waals surface area contributed by atoms with Gasteiger partial charge in [0.25, 0.3) is 0 Å². The van der Waals surface area contributed by atoms with Gasteiger partial charge in [-0.3, -0.25) is 9.63 Å². The molecule has 0 radical (unpaired) electrons. The van der Waals surface area contributed by atoms with Crippen LogP contribution < -0.4 is 5.73 Å². The number of benzene rings is 1. The summed E-state index contributed by atoms with van der Waals surface area (Å²) in [6.45, 7) is 4.46. The molecule has 28 heavy (non-hydrogen) atoms. The van der Waals surface area contributed by atoms with Gasteiger partial charge in [-0.05, 0) is 35.5 Å². The number of amides is 1. The Kier molecular flexibility index (Phi) is 10.1. The van der Waals surface area contributed by atoms with Gasteiger partial charge in [-0.15, -0.1) is 4.36 Å². The molecular formula is C18H23N3O5S2. The van der Waals surface area contributed by atoms with Crippen molar-refractivity contribution in [2.75, 3.05) is 13.7 Å². The van der Waals surface area contributed by atoms with E-state index in [1.165, 1.54) is 12.1 Å². The molecule has 0 aliphatic carbocycles. The number of nitrogens with two attached hydrogens (primary N) is 1. The second kappa shape index (κ2) is 12.0. The van der Waals surface area contributed by atoms with Crippen LogP contribution in [0.25, 0.3) is 0 Å². The van der Waals surface area contributed by atoms with Gasteiger partial charge >= 0.3 is 10.5 Å². The second-order valence-corrected chi connectivity index (χ2v) is 6.81. The Bertz CT molecular complexity index is 890. The lowest BCUT2D eigenvalue weighted by atomic mass is 9.93. The lowest BCUT2D eigenvalue weighted by Crippen LogP contribution is -2.25. The molecular weight excluding hydrogens is 402 g/mol. The molecule has 2 atom stereocenters. The maximum absolute atomic E-state index is 10.5. The third-order valence-corrected chi connectivity index (χ3v) is 4.68. The average molecular weight is 426 g/mol. The fourth-order valence-corrected chi connectivity index (χ4v) is 2.81. The molecule has 1 aromatic heterocycles. The van der Waals surface area contributed by atoms with Crippen molar-refractivity contribution >= 4 is 34.2 Å². The molecule has 2 aromatic rings. The number of furan rings is 1. The Morgan fingerprint density at radius 1 is 1.32 bits per heavy atom. The van der Waals surface area contributed by atoms with Crippen molar-refractivity contribution in [1.29, 1.82) is 0 Å². The first-order valence-corrected chi connectivity index (χ1v) is 9.74. The highest BCUT2D eigenvalue weighted by atomic mass is 32.2. The molecule has 0 fully saturated rings. The molecule has 0 saturated carbocycles. The number of rotatable bonds is 6. The number of hydrogen-bond acceptors (Lipinski definition) is 6. The van der Waals surface area contributed by atoms with E-state index in [0.29, 0.717) is 6.61 Å². The van der Waals surface area contributed by atoms with Gasteiger partial charge in [-0.1, -0.05) is 38.1 Å². The van der Waals surface area contributed by atoms with Crippen molar-refractivity contribution in [3.63, 3.8) is 0 Å². The predicted octanol–water partition coefficient (Wildman–Crippen LogP) is 2.85. The number of primary amides is 1. The van der Waals surface area contributed by atoms with Gasteiger partial charge in [0.05, 0.1) is 12.9 Å². The number of carbonyl (C=O) groups is 1. The van der Waals surface area contributed by atoms with Crippen molar-refractivity contribution in [1.82, 2.24) is 5.06 Å². The fraction of sp³-hybridized carbons (Fsp3) is 0.333. The highest BCUT2D eigenvalue weighted by molar-refractivity contribution is 7.80. The topological polar surface area (TPSA) is 115 Å². The minimum absolute atomic E-state index is 0.0896. The van der Waals surface area contributed by atoms with Gasteiger partial charge in [-0.2, -0.15) is 8.42 Å². The number of thiocarbonyl (C=S) groups is 1. The van der Waals surface area contributed by atoms with Crippen LogP contribution in [0.1, 0.15) is 42.6 Å².